The number of nitrogens with zero attached hydrogens (tertiary/aromatic N) is 1. The summed E-state index contributed by atoms with van der Waals surface area (Å²) in [5, 5.41) is 4.62. The molecule has 2 nitrogen and oxygen atoms in total. The predicted molar refractivity (Wildman–Crippen MR) is 97.0 cm³/mol. The van der Waals surface area contributed by atoms with Crippen LogP contribution in [0.1, 0.15) is 50.5 Å². The van der Waals surface area contributed by atoms with Crippen molar-refractivity contribution < 1.29 is 0 Å². The van der Waals surface area contributed by atoms with Crippen LogP contribution in [0.3, 0.4) is 0 Å². The van der Waals surface area contributed by atoms with Gasteiger partial charge in [-0.05, 0) is 55.8 Å². The Labute approximate surface area is 140 Å². The fourth-order valence-electron chi connectivity index (χ4n) is 3.80. The van der Waals surface area contributed by atoms with Gasteiger partial charge in [-0.15, -0.1) is 0 Å². The lowest BCUT2D eigenvalue weighted by Gasteiger charge is -2.36. The number of benzene rings is 1. The standard InChI is InChI=1S/C19H28N2S/c22-19(20-18-9-5-2-6-10-18)21-13-11-17(12-14-21)15-16-7-3-1-4-8-16/h1,3-4,7-8,17-18H,2,5-6,9-15H2,(H,20,22). The number of likely N-dealkylation sites (tertiary alicyclic amines) is 1. The molecule has 3 heteroatoms. The molecular formula is C19H28N2S. The quantitative estimate of drug-likeness (QED) is 0.843. The molecular weight excluding hydrogens is 288 g/mol. The molecule has 0 aromatic heterocycles. The van der Waals surface area contributed by atoms with Crippen molar-refractivity contribution in [1.82, 2.24) is 10.2 Å². The zero-order chi connectivity index (χ0) is 15.2. The van der Waals surface area contributed by atoms with Crippen molar-refractivity contribution in [3.63, 3.8) is 0 Å². The Balaban J connectivity index is 1.42. The fraction of sp³-hybridized carbons (Fsp3) is 0.632. The van der Waals surface area contributed by atoms with E-state index in [4.69, 9.17) is 12.2 Å². The number of hydrogen-bond acceptors (Lipinski definition) is 1. The van der Waals surface area contributed by atoms with E-state index in [1.807, 2.05) is 0 Å². The van der Waals surface area contributed by atoms with Crippen LogP contribution >= 0.6 is 12.2 Å². The predicted octanol–water partition coefficient (Wildman–Crippen LogP) is 4.15. The summed E-state index contributed by atoms with van der Waals surface area (Å²) in [6.45, 7) is 2.24. The summed E-state index contributed by atoms with van der Waals surface area (Å²) in [6, 6.07) is 11.5. The first kappa shape index (κ1) is 15.8. The third-order valence-electron chi connectivity index (χ3n) is 5.20. The van der Waals surface area contributed by atoms with Crippen LogP contribution < -0.4 is 5.32 Å². The van der Waals surface area contributed by atoms with E-state index in [0.717, 1.165) is 24.1 Å². The van der Waals surface area contributed by atoms with Gasteiger partial charge in [0.25, 0.3) is 0 Å². The third-order valence-corrected chi connectivity index (χ3v) is 5.58. The highest BCUT2D eigenvalue weighted by Gasteiger charge is 2.23. The van der Waals surface area contributed by atoms with Gasteiger partial charge >= 0.3 is 0 Å². The van der Waals surface area contributed by atoms with Crippen LogP contribution in [0.25, 0.3) is 0 Å². The summed E-state index contributed by atoms with van der Waals surface area (Å²) in [5.41, 5.74) is 1.48. The fourth-order valence-corrected chi connectivity index (χ4v) is 4.15. The SMILES string of the molecule is S=C(NC1CCCCC1)N1CCC(Cc2ccccc2)CC1. The summed E-state index contributed by atoms with van der Waals surface area (Å²) in [7, 11) is 0. The molecule has 0 amide bonds. The Bertz CT molecular complexity index is 460. The second-order valence-corrected chi connectivity index (χ2v) is 7.29. The van der Waals surface area contributed by atoms with Crippen LogP contribution in [0.15, 0.2) is 30.3 Å². The zero-order valence-electron chi connectivity index (χ0n) is 13.5. The van der Waals surface area contributed by atoms with Gasteiger partial charge in [0.1, 0.15) is 0 Å². The van der Waals surface area contributed by atoms with Crippen molar-refractivity contribution in [3.8, 4) is 0 Å². The largest absolute Gasteiger partial charge is 0.360 e. The van der Waals surface area contributed by atoms with Crippen LogP contribution in [0.4, 0.5) is 0 Å². The Morgan fingerprint density at radius 1 is 1.00 bits per heavy atom. The molecule has 0 radical (unpaired) electrons. The molecule has 3 rings (SSSR count). The molecule has 0 bridgehead atoms. The number of rotatable bonds is 3. The topological polar surface area (TPSA) is 15.3 Å². The third kappa shape index (κ3) is 4.45. The van der Waals surface area contributed by atoms with E-state index in [9.17, 15) is 0 Å². The van der Waals surface area contributed by atoms with Crippen LogP contribution in [-0.4, -0.2) is 29.1 Å². The summed E-state index contributed by atoms with van der Waals surface area (Å²) in [6.07, 6.45) is 10.5. The Morgan fingerprint density at radius 3 is 2.36 bits per heavy atom. The van der Waals surface area contributed by atoms with Gasteiger partial charge in [-0.25, -0.2) is 0 Å². The minimum atomic E-state index is 0.628. The average molecular weight is 317 g/mol. The van der Waals surface area contributed by atoms with Gasteiger partial charge in [0.2, 0.25) is 0 Å². The van der Waals surface area contributed by atoms with Crippen LogP contribution in [0.5, 0.6) is 0 Å². The Hall–Kier alpha value is -1.09. The lowest BCUT2D eigenvalue weighted by molar-refractivity contribution is 0.258. The molecule has 2 fully saturated rings. The summed E-state index contributed by atoms with van der Waals surface area (Å²) >= 11 is 5.64. The van der Waals surface area contributed by atoms with Crippen molar-refractivity contribution >= 4 is 17.3 Å². The van der Waals surface area contributed by atoms with E-state index in [2.05, 4.69) is 40.5 Å². The molecule has 1 heterocycles. The summed E-state index contributed by atoms with van der Waals surface area (Å²) in [4.78, 5) is 2.39. The number of nitrogens with one attached hydrogen (secondary N) is 1. The molecule has 0 unspecified atom stereocenters. The summed E-state index contributed by atoms with van der Waals surface area (Å²) < 4.78 is 0. The van der Waals surface area contributed by atoms with Crippen molar-refractivity contribution in [2.75, 3.05) is 13.1 Å². The minimum Gasteiger partial charge on any atom is -0.360 e. The van der Waals surface area contributed by atoms with Crippen molar-refractivity contribution in [2.45, 2.75) is 57.4 Å². The lowest BCUT2D eigenvalue weighted by Crippen LogP contribution is -2.48. The van der Waals surface area contributed by atoms with Crippen LogP contribution in [0, 0.1) is 5.92 Å². The van der Waals surface area contributed by atoms with Crippen molar-refractivity contribution in [1.29, 1.82) is 0 Å². The summed E-state index contributed by atoms with van der Waals surface area (Å²) in [5.74, 6) is 0.816. The lowest BCUT2D eigenvalue weighted by atomic mass is 9.90. The van der Waals surface area contributed by atoms with Crippen LogP contribution in [-0.2, 0) is 6.42 Å². The molecule has 1 saturated carbocycles. The first-order valence-electron chi connectivity index (χ1n) is 8.90. The van der Waals surface area contributed by atoms with Crippen molar-refractivity contribution in [2.24, 2.45) is 5.92 Å². The Morgan fingerprint density at radius 2 is 1.68 bits per heavy atom. The highest BCUT2D eigenvalue weighted by molar-refractivity contribution is 7.80. The van der Waals surface area contributed by atoms with E-state index < -0.39 is 0 Å². The number of piperidine rings is 1. The smallest absolute Gasteiger partial charge is 0.169 e. The van der Waals surface area contributed by atoms with Gasteiger partial charge in [0.15, 0.2) is 5.11 Å². The molecule has 0 spiro atoms. The highest BCUT2D eigenvalue weighted by atomic mass is 32.1. The molecule has 1 aliphatic heterocycles. The second kappa shape index (κ2) is 7.96. The monoisotopic (exact) mass is 316 g/mol. The average Bonchev–Trinajstić information content (AvgIpc) is 2.57. The van der Waals surface area contributed by atoms with E-state index in [1.165, 1.54) is 56.9 Å². The number of thiocarbonyl (C=S) groups is 1. The maximum atomic E-state index is 5.64. The molecule has 120 valence electrons. The molecule has 0 atom stereocenters. The van der Waals surface area contributed by atoms with Crippen LogP contribution in [0.2, 0.25) is 0 Å². The van der Waals surface area contributed by atoms with Gasteiger partial charge < -0.3 is 10.2 Å². The molecule has 1 aromatic rings. The van der Waals surface area contributed by atoms with Gasteiger partial charge in [0.05, 0.1) is 0 Å². The van der Waals surface area contributed by atoms with Crippen molar-refractivity contribution in [3.05, 3.63) is 35.9 Å². The molecule has 1 saturated heterocycles. The zero-order valence-corrected chi connectivity index (χ0v) is 14.3. The molecule has 1 N–H and O–H groups in total. The van der Waals surface area contributed by atoms with Gasteiger partial charge in [-0.1, -0.05) is 49.6 Å². The first-order chi connectivity index (χ1) is 10.8. The van der Waals surface area contributed by atoms with E-state index in [1.54, 1.807) is 0 Å². The minimum absolute atomic E-state index is 0.628. The molecule has 1 aliphatic carbocycles. The highest BCUT2D eigenvalue weighted by Crippen LogP contribution is 2.22. The maximum Gasteiger partial charge on any atom is 0.169 e. The first-order valence-corrected chi connectivity index (χ1v) is 9.31. The van der Waals surface area contributed by atoms with Gasteiger partial charge in [0, 0.05) is 19.1 Å². The number of hydrogen-bond donors (Lipinski definition) is 1. The van der Waals surface area contributed by atoms with Gasteiger partial charge in [-0.3, -0.25) is 0 Å². The van der Waals surface area contributed by atoms with E-state index in [-0.39, 0.29) is 0 Å². The second-order valence-electron chi connectivity index (χ2n) is 6.90. The molecule has 22 heavy (non-hydrogen) atoms. The maximum absolute atomic E-state index is 5.64. The van der Waals surface area contributed by atoms with E-state index >= 15 is 0 Å². The normalized spacial score (nSPS) is 20.8. The molecule has 2 aliphatic rings. The molecule has 1 aromatic carbocycles. The van der Waals surface area contributed by atoms with E-state index in [0.29, 0.717) is 6.04 Å². The van der Waals surface area contributed by atoms with Gasteiger partial charge in [-0.2, -0.15) is 0 Å². The Kier molecular flexibility index (Phi) is 5.71.